The Kier molecular flexibility index (Phi) is 9.18. The molecule has 4 nitrogen and oxygen atoms in total. The van der Waals surface area contributed by atoms with Gasteiger partial charge < -0.3 is 9.13 Å². The predicted molar refractivity (Wildman–Crippen MR) is 195 cm³/mol. The number of nitrogens with zero attached hydrogens (tertiary/aromatic N) is 4. The smallest absolute Gasteiger partial charge is 0.308 e. The third-order valence-corrected chi connectivity index (χ3v) is 10.3. The minimum Gasteiger partial charge on any atom is -0.308 e. The van der Waals surface area contributed by atoms with E-state index in [4.69, 9.17) is 0 Å². The zero-order valence-electron chi connectivity index (χ0n) is 30.3. The Morgan fingerprint density at radius 1 is 0.339 bits per heavy atom. The molecule has 314 valence electrons. The Bertz CT molecular complexity index is 2940. The molecule has 2 heterocycles. The van der Waals surface area contributed by atoms with Crippen molar-refractivity contribution < 1.29 is 65.9 Å². The number of benzene rings is 6. The van der Waals surface area contributed by atoms with E-state index in [1.807, 2.05) is 0 Å². The zero-order valence-corrected chi connectivity index (χ0v) is 30.3. The van der Waals surface area contributed by atoms with Gasteiger partial charge in [-0.15, -0.1) is 0 Å². The van der Waals surface area contributed by atoms with Crippen LogP contribution in [0.25, 0.3) is 66.1 Å². The first-order valence-electron chi connectivity index (χ1n) is 17.5. The zero-order chi connectivity index (χ0) is 45.1. The summed E-state index contributed by atoms with van der Waals surface area (Å²) in [5, 5.41) is 20.1. The summed E-state index contributed by atoms with van der Waals surface area (Å²) < 4.78 is 215. The molecule has 0 atom stereocenters. The first-order valence-corrected chi connectivity index (χ1v) is 17.5. The molecule has 19 heteroatoms. The molecule has 0 amide bonds. The molecule has 0 saturated carbocycles. The summed E-state index contributed by atoms with van der Waals surface area (Å²) in [6, 6.07) is 15.3. The molecule has 0 fully saturated rings. The average Bonchev–Trinajstić information content (AvgIpc) is 3.69. The first kappa shape index (κ1) is 41.6. The predicted octanol–water partition coefficient (Wildman–Crippen LogP) is 14.4. The van der Waals surface area contributed by atoms with Crippen LogP contribution in [0.5, 0.6) is 0 Å². The summed E-state index contributed by atoms with van der Waals surface area (Å²) >= 11 is 0. The summed E-state index contributed by atoms with van der Waals surface area (Å²) in [5.41, 5.74) is -12.4. The number of aromatic nitrogens is 2. The van der Waals surface area contributed by atoms with Gasteiger partial charge in [0, 0.05) is 21.5 Å². The second-order valence-corrected chi connectivity index (χ2v) is 14.0. The van der Waals surface area contributed by atoms with Crippen LogP contribution in [0.1, 0.15) is 38.9 Å². The van der Waals surface area contributed by atoms with Gasteiger partial charge in [-0.3, -0.25) is 0 Å². The number of rotatable bonds is 3. The lowest BCUT2D eigenvalue weighted by molar-refractivity contribution is -0.138. The van der Waals surface area contributed by atoms with Gasteiger partial charge >= 0.3 is 30.9 Å². The number of alkyl halides is 15. The second-order valence-electron chi connectivity index (χ2n) is 14.0. The highest BCUT2D eigenvalue weighted by atomic mass is 19.4. The summed E-state index contributed by atoms with van der Waals surface area (Å²) in [6.45, 7) is 0. The van der Waals surface area contributed by atoms with Crippen molar-refractivity contribution in [3.05, 3.63) is 142 Å². The van der Waals surface area contributed by atoms with Crippen LogP contribution in [0.4, 0.5) is 65.9 Å². The van der Waals surface area contributed by atoms with Crippen LogP contribution in [-0.4, -0.2) is 9.13 Å². The van der Waals surface area contributed by atoms with E-state index in [-0.39, 0.29) is 21.5 Å². The quantitative estimate of drug-likeness (QED) is 0.166. The highest BCUT2D eigenvalue weighted by Crippen LogP contribution is 2.45. The summed E-state index contributed by atoms with van der Waals surface area (Å²) in [7, 11) is 0. The van der Waals surface area contributed by atoms with Crippen LogP contribution < -0.4 is 0 Å². The largest absolute Gasteiger partial charge is 0.416 e. The van der Waals surface area contributed by atoms with Gasteiger partial charge in [0.05, 0.1) is 72.9 Å². The molecule has 8 rings (SSSR count). The lowest BCUT2D eigenvalue weighted by Gasteiger charge is -2.20. The van der Waals surface area contributed by atoms with Gasteiger partial charge in [-0.2, -0.15) is 76.4 Å². The first-order chi connectivity index (χ1) is 28.8. The Labute approximate surface area is 336 Å². The summed E-state index contributed by atoms with van der Waals surface area (Å²) in [4.78, 5) is 0. The second kappa shape index (κ2) is 13.7. The number of nitriles is 2. The van der Waals surface area contributed by atoms with Gasteiger partial charge in [0.2, 0.25) is 0 Å². The minimum atomic E-state index is -5.12. The Morgan fingerprint density at radius 2 is 0.645 bits per heavy atom. The van der Waals surface area contributed by atoms with Gasteiger partial charge in [0.1, 0.15) is 11.6 Å². The molecule has 0 radical (unpaired) electrons. The Hall–Kier alpha value is -7.15. The minimum absolute atomic E-state index is 0.120. The number of halogens is 15. The van der Waals surface area contributed by atoms with Crippen LogP contribution in [0, 0.1) is 22.7 Å². The molecule has 0 bridgehead atoms. The van der Waals surface area contributed by atoms with E-state index < -0.39 is 114 Å². The van der Waals surface area contributed by atoms with Gasteiger partial charge in [0.15, 0.2) is 0 Å². The molecule has 0 saturated heterocycles. The van der Waals surface area contributed by atoms with Crippen molar-refractivity contribution in [2.24, 2.45) is 0 Å². The van der Waals surface area contributed by atoms with E-state index >= 15 is 0 Å². The fraction of sp³-hybridized carbons (Fsp3) is 0.116. The molecule has 0 spiro atoms. The maximum absolute atomic E-state index is 14.2. The van der Waals surface area contributed by atoms with Crippen molar-refractivity contribution in [1.82, 2.24) is 9.13 Å². The van der Waals surface area contributed by atoms with E-state index in [9.17, 15) is 76.4 Å². The number of hydrogen-bond acceptors (Lipinski definition) is 2. The molecule has 8 aromatic rings. The monoisotopic (exact) mass is 874 g/mol. The van der Waals surface area contributed by atoms with Crippen LogP contribution in [0.2, 0.25) is 0 Å². The van der Waals surface area contributed by atoms with Crippen molar-refractivity contribution in [3.63, 3.8) is 0 Å². The van der Waals surface area contributed by atoms with Gasteiger partial charge in [0.25, 0.3) is 0 Å². The van der Waals surface area contributed by atoms with Crippen LogP contribution >= 0.6 is 0 Å². The van der Waals surface area contributed by atoms with Gasteiger partial charge in [-0.1, -0.05) is 24.3 Å². The Balaban J connectivity index is 1.63. The molecule has 62 heavy (non-hydrogen) atoms. The lowest BCUT2D eigenvalue weighted by atomic mass is 9.96. The van der Waals surface area contributed by atoms with Crippen LogP contribution in [0.15, 0.2) is 103 Å². The topological polar surface area (TPSA) is 57.4 Å². The number of hydrogen-bond donors (Lipinski definition) is 0. The molecular formula is C43H17F15N4. The maximum Gasteiger partial charge on any atom is 0.416 e. The van der Waals surface area contributed by atoms with E-state index in [1.54, 1.807) is 12.1 Å². The SMILES string of the molecule is N#Cc1cc(-c2cc(-n3c4cc(C(F)(F)F)ccc4c4ccc(C(F)(F)F)cc43)c(C#N)c(-n3c4cc(C(F)(F)F)ccc4c4ccc(C(F)(F)F)cc43)c2)cc(C(F)(F)F)c1. The summed E-state index contributed by atoms with van der Waals surface area (Å²) in [6.07, 6.45) is -25.4. The standard InChI is InChI=1S/C43H17F15N4/c44-39(45,46)23-1-5-28-29-6-2-24(40(47,48)49)15-36(29)61(35(28)14-23)33-12-22(21-9-20(18-59)10-27(11-21)43(56,57)58)13-34(32(33)19-60)62-37-16-25(41(50,51)52)3-7-30(37)31-8-4-26(17-38(31)62)42(53,54)55/h1-17H. The number of fused-ring (bicyclic) bond motifs is 6. The third kappa shape index (κ3) is 6.96. The normalized spacial score (nSPS) is 13.0. The van der Waals surface area contributed by atoms with Gasteiger partial charge in [-0.25, -0.2) is 0 Å². The maximum atomic E-state index is 14.2. The molecule has 0 N–H and O–H groups in total. The van der Waals surface area contributed by atoms with Crippen molar-refractivity contribution >= 4 is 43.6 Å². The molecule has 0 unspecified atom stereocenters. The fourth-order valence-electron chi connectivity index (χ4n) is 7.53. The van der Waals surface area contributed by atoms with Crippen molar-refractivity contribution in [2.45, 2.75) is 30.9 Å². The van der Waals surface area contributed by atoms with Gasteiger partial charge in [-0.05, 0) is 90.0 Å². The molecule has 2 aromatic heterocycles. The molecule has 6 aromatic carbocycles. The van der Waals surface area contributed by atoms with E-state index in [1.165, 1.54) is 0 Å². The molecular weight excluding hydrogens is 857 g/mol. The van der Waals surface area contributed by atoms with Crippen LogP contribution in [-0.2, 0) is 30.9 Å². The van der Waals surface area contributed by atoms with Crippen molar-refractivity contribution in [3.8, 4) is 34.6 Å². The van der Waals surface area contributed by atoms with E-state index in [0.717, 1.165) is 51.6 Å². The highest BCUT2D eigenvalue weighted by Gasteiger charge is 2.37. The molecule has 0 aliphatic heterocycles. The summed E-state index contributed by atoms with van der Waals surface area (Å²) in [5.74, 6) is 0. The molecule has 0 aliphatic carbocycles. The third-order valence-electron chi connectivity index (χ3n) is 10.3. The Morgan fingerprint density at radius 3 is 0.919 bits per heavy atom. The molecule has 0 aliphatic rings. The van der Waals surface area contributed by atoms with Crippen molar-refractivity contribution in [1.29, 1.82) is 10.5 Å². The fourth-order valence-corrected chi connectivity index (χ4v) is 7.53. The van der Waals surface area contributed by atoms with E-state index in [2.05, 4.69) is 0 Å². The van der Waals surface area contributed by atoms with Crippen molar-refractivity contribution in [2.75, 3.05) is 0 Å². The van der Waals surface area contributed by atoms with Crippen LogP contribution in [0.3, 0.4) is 0 Å². The highest BCUT2D eigenvalue weighted by molar-refractivity contribution is 6.11. The van der Waals surface area contributed by atoms with E-state index in [0.29, 0.717) is 60.7 Å². The average molecular weight is 875 g/mol. The lowest BCUT2D eigenvalue weighted by Crippen LogP contribution is -2.09.